The third kappa shape index (κ3) is 4.28. The largest absolute Gasteiger partial charge is 0.475 e. The number of hydrogen-bond donors (Lipinski definition) is 0. The predicted octanol–water partition coefficient (Wildman–Crippen LogP) is 3.22. The molecule has 0 radical (unpaired) electrons. The van der Waals surface area contributed by atoms with Crippen molar-refractivity contribution in [3.8, 4) is 5.88 Å². The van der Waals surface area contributed by atoms with Crippen LogP contribution < -0.4 is 4.74 Å². The maximum absolute atomic E-state index is 8.06. The highest BCUT2D eigenvalue weighted by molar-refractivity contribution is 6.99. The molecule has 0 unspecified atom stereocenters. The summed E-state index contributed by atoms with van der Waals surface area (Å²) in [5.74, 6) is -0.430. The topological polar surface area (TPSA) is 38.3 Å². The molecule has 0 fully saturated rings. The fourth-order valence-corrected chi connectivity index (χ4v) is 2.19. The smallest absolute Gasteiger partial charge is 0.253 e. The van der Waals surface area contributed by atoms with Gasteiger partial charge in [0.25, 0.3) is 5.88 Å². The number of nitrogens with zero attached hydrogens (tertiary/aromatic N) is 3. The summed E-state index contributed by atoms with van der Waals surface area (Å²) in [6.07, 6.45) is -13.2. The molecule has 0 aromatic carbocycles. The maximum atomic E-state index is 8.06. The number of aromatic nitrogens is 2. The molecule has 2 rings (SSSR count). The monoisotopic (exact) mass is 294 g/mol. The molecule has 1 aliphatic heterocycles. The minimum atomic E-state index is -3.99. The van der Waals surface area contributed by atoms with Gasteiger partial charge in [-0.05, 0) is 25.4 Å². The zero-order chi connectivity index (χ0) is 25.0. The SMILES string of the molecule is [2H]C([2H])([2H])C([2H])([2H])C([2H])([2H])C([2H])([2H])C([2H])([2H])C([2H])([2H])Oc1nsnc1C1=CCCN(C)C1. The first-order chi connectivity index (χ1) is 14.2. The van der Waals surface area contributed by atoms with Gasteiger partial charge in [0.2, 0.25) is 0 Å². The van der Waals surface area contributed by atoms with Crippen LogP contribution in [0.4, 0.5) is 0 Å². The van der Waals surface area contributed by atoms with E-state index in [9.17, 15) is 0 Å². The van der Waals surface area contributed by atoms with Gasteiger partial charge < -0.3 is 9.64 Å². The van der Waals surface area contributed by atoms with Gasteiger partial charge in [-0.2, -0.15) is 4.37 Å². The van der Waals surface area contributed by atoms with Crippen LogP contribution in [0.3, 0.4) is 0 Å². The molecule has 0 atom stereocenters. The van der Waals surface area contributed by atoms with E-state index in [1.54, 1.807) is 0 Å². The molecule has 4 nitrogen and oxygen atoms in total. The summed E-state index contributed by atoms with van der Waals surface area (Å²) in [5.41, 5.74) is 0.763. The van der Waals surface area contributed by atoms with Crippen molar-refractivity contribution in [2.75, 3.05) is 26.7 Å². The molecule has 1 aromatic rings. The molecule has 0 spiro atoms. The highest BCUT2D eigenvalue weighted by atomic mass is 32.1. The van der Waals surface area contributed by atoms with Crippen LogP contribution in [0.5, 0.6) is 5.88 Å². The number of hydrogen-bond acceptors (Lipinski definition) is 5. The normalized spacial score (nSPS) is 31.0. The van der Waals surface area contributed by atoms with Crippen LogP contribution in [0.25, 0.3) is 5.57 Å². The van der Waals surface area contributed by atoms with Crippen molar-refractivity contribution in [2.24, 2.45) is 0 Å². The molecular formula is C14H23N3OS. The average Bonchev–Trinajstić information content (AvgIpc) is 3.07. The second-order valence-electron chi connectivity index (χ2n) is 3.88. The maximum Gasteiger partial charge on any atom is 0.253 e. The van der Waals surface area contributed by atoms with Gasteiger partial charge in [-0.25, -0.2) is 0 Å². The molecule has 0 amide bonds. The molecule has 5 heteroatoms. The highest BCUT2D eigenvalue weighted by Crippen LogP contribution is 2.27. The molecule has 0 saturated carbocycles. The van der Waals surface area contributed by atoms with Crippen LogP contribution >= 0.6 is 11.7 Å². The summed E-state index contributed by atoms with van der Waals surface area (Å²) in [5, 5.41) is 0. The lowest BCUT2D eigenvalue weighted by Gasteiger charge is -2.22. The highest BCUT2D eigenvalue weighted by Gasteiger charge is 2.18. The van der Waals surface area contributed by atoms with Crippen LogP contribution in [0.15, 0.2) is 6.08 Å². The molecule has 0 aliphatic carbocycles. The number of ether oxygens (including phenoxy) is 1. The van der Waals surface area contributed by atoms with E-state index in [-0.39, 0.29) is 5.69 Å². The van der Waals surface area contributed by atoms with Crippen molar-refractivity contribution in [1.29, 1.82) is 0 Å². The van der Waals surface area contributed by atoms with Crippen molar-refractivity contribution >= 4 is 17.3 Å². The molecule has 0 N–H and O–H groups in total. The molecule has 106 valence electrons. The molecule has 0 bridgehead atoms. The number of likely N-dealkylation sites (N-methyl/N-ethyl adjacent to an activating group) is 1. The van der Waals surface area contributed by atoms with Crippen molar-refractivity contribution in [2.45, 2.75) is 38.8 Å². The molecule has 1 aliphatic rings. The van der Waals surface area contributed by atoms with E-state index in [4.69, 9.17) is 22.6 Å². The zero-order valence-electron chi connectivity index (χ0n) is 23.4. The lowest BCUT2D eigenvalue weighted by molar-refractivity contribution is 0.294. The Hall–Kier alpha value is -0.940. The predicted molar refractivity (Wildman–Crippen MR) is 79.6 cm³/mol. The minimum Gasteiger partial charge on any atom is -0.475 e. The van der Waals surface area contributed by atoms with E-state index < -0.39 is 44.8 Å². The van der Waals surface area contributed by atoms with Crippen molar-refractivity contribution in [3.63, 3.8) is 0 Å². The van der Waals surface area contributed by atoms with Gasteiger partial charge in [-0.15, -0.1) is 4.37 Å². The second-order valence-corrected chi connectivity index (χ2v) is 4.41. The summed E-state index contributed by atoms with van der Waals surface area (Å²) < 4.78 is 114. The third-order valence-electron chi connectivity index (χ3n) is 2.49. The van der Waals surface area contributed by atoms with Gasteiger partial charge in [-0.1, -0.05) is 32.0 Å². The van der Waals surface area contributed by atoms with Crippen molar-refractivity contribution in [1.82, 2.24) is 13.6 Å². The van der Waals surface area contributed by atoms with E-state index in [1.165, 1.54) is 0 Å². The van der Waals surface area contributed by atoms with Crippen LogP contribution in [0.2, 0.25) is 0 Å². The Morgan fingerprint density at radius 1 is 1.47 bits per heavy atom. The molecular weight excluding hydrogens is 258 g/mol. The molecule has 19 heavy (non-hydrogen) atoms. The van der Waals surface area contributed by atoms with Crippen molar-refractivity contribution < 1.29 is 22.6 Å². The van der Waals surface area contributed by atoms with E-state index in [1.807, 2.05) is 18.0 Å². The van der Waals surface area contributed by atoms with Crippen LogP contribution in [0, 0.1) is 0 Å². The fraction of sp³-hybridized carbons (Fsp3) is 0.714. The number of rotatable bonds is 7. The lowest BCUT2D eigenvalue weighted by Crippen LogP contribution is -2.25. The van der Waals surface area contributed by atoms with Crippen LogP contribution in [-0.4, -0.2) is 40.3 Å². The van der Waals surface area contributed by atoms with E-state index in [2.05, 4.69) is 8.75 Å². The zero-order valence-corrected chi connectivity index (χ0v) is 11.2. The summed E-state index contributed by atoms with van der Waals surface area (Å²) in [7, 11) is 1.85. The Bertz CT molecular complexity index is 864. The Balaban J connectivity index is 2.44. The molecule has 1 aromatic heterocycles. The van der Waals surface area contributed by atoms with E-state index in [0.29, 0.717) is 30.3 Å². The summed E-state index contributed by atoms with van der Waals surface area (Å²) in [6, 6.07) is 0. The van der Waals surface area contributed by atoms with Crippen LogP contribution in [-0.2, 0) is 0 Å². The fourth-order valence-electron chi connectivity index (χ4n) is 1.67. The van der Waals surface area contributed by atoms with Crippen molar-refractivity contribution in [3.05, 3.63) is 11.8 Å². The molecule has 2 heterocycles. The minimum absolute atomic E-state index is 0.127. The van der Waals surface area contributed by atoms with Gasteiger partial charge in [-0.3, -0.25) is 0 Å². The Morgan fingerprint density at radius 3 is 3.26 bits per heavy atom. The van der Waals surface area contributed by atoms with Gasteiger partial charge in [0.05, 0.1) is 21.0 Å². The average molecular weight is 295 g/mol. The first-order valence-corrected chi connectivity index (χ1v) is 6.33. The van der Waals surface area contributed by atoms with Gasteiger partial charge in [0, 0.05) is 28.2 Å². The summed E-state index contributed by atoms with van der Waals surface area (Å²) in [4.78, 5) is 1.95. The molecule has 0 saturated heterocycles. The quantitative estimate of drug-likeness (QED) is 0.774. The summed E-state index contributed by atoms with van der Waals surface area (Å²) >= 11 is 0.657. The Labute approximate surface area is 138 Å². The Morgan fingerprint density at radius 2 is 2.42 bits per heavy atom. The third-order valence-corrected chi connectivity index (χ3v) is 3.00. The van der Waals surface area contributed by atoms with Gasteiger partial charge >= 0.3 is 0 Å². The first-order valence-electron chi connectivity index (χ1n) is 12.1. The van der Waals surface area contributed by atoms with Gasteiger partial charge in [0.15, 0.2) is 0 Å². The van der Waals surface area contributed by atoms with E-state index >= 15 is 0 Å². The van der Waals surface area contributed by atoms with Gasteiger partial charge in [0.1, 0.15) is 5.69 Å². The van der Waals surface area contributed by atoms with Crippen LogP contribution in [0.1, 0.15) is 62.3 Å². The second kappa shape index (κ2) is 7.60. The Kier molecular flexibility index (Phi) is 2.05. The summed E-state index contributed by atoms with van der Waals surface area (Å²) in [6.45, 7) is -6.03. The first kappa shape index (κ1) is 5.11. The standard InChI is InChI=1S/C14H23N3OS/c1-3-4-5-6-10-18-14-13(15-19-16-14)12-8-7-9-17(2)11-12/h8H,3-7,9-11H2,1-2H3/i1D3,3D2,4D2,5D2,6D2,10D2. The lowest BCUT2D eigenvalue weighted by atomic mass is 10.1. The van der Waals surface area contributed by atoms with E-state index in [0.717, 1.165) is 6.54 Å².